The minimum atomic E-state index is -0.905. The molecule has 0 aliphatic rings. The summed E-state index contributed by atoms with van der Waals surface area (Å²) >= 11 is 1.34. The molecule has 0 saturated heterocycles. The summed E-state index contributed by atoms with van der Waals surface area (Å²) in [5.74, 6) is -1.23. The summed E-state index contributed by atoms with van der Waals surface area (Å²) in [6.45, 7) is 0. The molecule has 0 aliphatic heterocycles. The number of anilines is 1. The molecule has 0 spiro atoms. The monoisotopic (exact) mass is 280 g/mol. The lowest BCUT2D eigenvalue weighted by Gasteiger charge is -2.05. The summed E-state index contributed by atoms with van der Waals surface area (Å²) in [4.78, 5) is 17.8. The number of rotatable bonds is 4. The van der Waals surface area contributed by atoms with Crippen molar-refractivity contribution in [2.45, 2.75) is 6.42 Å². The SMILES string of the molecule is CN(C)c1nc(-c2ccc(F)cc2)c(CC(=O)O)s1. The predicted molar refractivity (Wildman–Crippen MR) is 73.2 cm³/mol. The zero-order valence-corrected chi connectivity index (χ0v) is 11.4. The van der Waals surface area contributed by atoms with Gasteiger partial charge in [0, 0.05) is 24.5 Å². The third-order valence-electron chi connectivity index (χ3n) is 2.50. The van der Waals surface area contributed by atoms with Gasteiger partial charge in [-0.05, 0) is 24.3 Å². The van der Waals surface area contributed by atoms with Gasteiger partial charge in [0.2, 0.25) is 0 Å². The molecule has 4 nitrogen and oxygen atoms in total. The number of carboxylic acids is 1. The molecule has 6 heteroatoms. The first kappa shape index (κ1) is 13.5. The molecule has 1 aromatic heterocycles. The maximum atomic E-state index is 12.9. The van der Waals surface area contributed by atoms with Crippen LogP contribution in [0.25, 0.3) is 11.3 Å². The van der Waals surface area contributed by atoms with Crippen LogP contribution in [0, 0.1) is 5.82 Å². The quantitative estimate of drug-likeness (QED) is 0.935. The molecule has 0 bridgehead atoms. The number of hydrogen-bond acceptors (Lipinski definition) is 4. The van der Waals surface area contributed by atoms with E-state index in [4.69, 9.17) is 5.11 Å². The lowest BCUT2D eigenvalue weighted by atomic mass is 10.1. The molecule has 1 N–H and O–H groups in total. The molecule has 19 heavy (non-hydrogen) atoms. The van der Waals surface area contributed by atoms with Crippen LogP contribution < -0.4 is 4.90 Å². The smallest absolute Gasteiger partial charge is 0.308 e. The van der Waals surface area contributed by atoms with E-state index in [0.29, 0.717) is 10.6 Å². The summed E-state index contributed by atoms with van der Waals surface area (Å²) in [5, 5.41) is 9.67. The molecule has 1 aromatic carbocycles. The van der Waals surface area contributed by atoms with Gasteiger partial charge in [0.25, 0.3) is 0 Å². The molecular formula is C13H13FN2O2S. The number of thiazole rings is 1. The first-order valence-electron chi connectivity index (χ1n) is 5.62. The van der Waals surface area contributed by atoms with E-state index in [-0.39, 0.29) is 12.2 Å². The number of carboxylic acid groups (broad SMARTS) is 1. The van der Waals surface area contributed by atoms with E-state index in [9.17, 15) is 9.18 Å². The van der Waals surface area contributed by atoms with Gasteiger partial charge in [-0.3, -0.25) is 4.79 Å². The van der Waals surface area contributed by atoms with E-state index in [1.807, 2.05) is 19.0 Å². The fourth-order valence-electron chi connectivity index (χ4n) is 1.62. The van der Waals surface area contributed by atoms with E-state index in [2.05, 4.69) is 4.98 Å². The molecular weight excluding hydrogens is 267 g/mol. The Balaban J connectivity index is 2.47. The summed E-state index contributed by atoms with van der Waals surface area (Å²) in [6, 6.07) is 5.90. The van der Waals surface area contributed by atoms with Crippen LogP contribution >= 0.6 is 11.3 Å². The summed E-state index contributed by atoms with van der Waals surface area (Å²) in [6.07, 6.45) is -0.0851. The van der Waals surface area contributed by atoms with E-state index in [0.717, 1.165) is 10.7 Å². The molecule has 1 heterocycles. The van der Waals surface area contributed by atoms with E-state index < -0.39 is 5.97 Å². The number of aliphatic carboxylic acids is 1. The van der Waals surface area contributed by atoms with Crippen LogP contribution in [0.3, 0.4) is 0 Å². The highest BCUT2D eigenvalue weighted by Crippen LogP contribution is 2.32. The van der Waals surface area contributed by atoms with Gasteiger partial charge < -0.3 is 10.0 Å². The Hall–Kier alpha value is -1.95. The van der Waals surface area contributed by atoms with Crippen LogP contribution in [-0.2, 0) is 11.2 Å². The van der Waals surface area contributed by atoms with E-state index in [1.54, 1.807) is 12.1 Å². The number of halogens is 1. The fraction of sp³-hybridized carbons (Fsp3) is 0.231. The highest BCUT2D eigenvalue weighted by Gasteiger charge is 2.16. The maximum absolute atomic E-state index is 12.9. The Morgan fingerprint density at radius 3 is 2.53 bits per heavy atom. The largest absolute Gasteiger partial charge is 0.481 e. The van der Waals surface area contributed by atoms with Crippen molar-refractivity contribution in [1.82, 2.24) is 4.98 Å². The molecule has 0 saturated carbocycles. The van der Waals surface area contributed by atoms with Crippen molar-refractivity contribution < 1.29 is 14.3 Å². The van der Waals surface area contributed by atoms with Crippen molar-refractivity contribution in [3.63, 3.8) is 0 Å². The number of nitrogens with zero attached hydrogens (tertiary/aromatic N) is 2. The van der Waals surface area contributed by atoms with Crippen molar-refractivity contribution in [1.29, 1.82) is 0 Å². The molecule has 0 atom stereocenters. The third-order valence-corrected chi connectivity index (χ3v) is 3.72. The standard InChI is InChI=1S/C13H13FN2O2S/c1-16(2)13-15-12(10(19-13)7-11(17)18)8-3-5-9(14)6-4-8/h3-6H,7H2,1-2H3,(H,17,18). The number of hydrogen-bond donors (Lipinski definition) is 1. The van der Waals surface area contributed by atoms with Gasteiger partial charge in [-0.2, -0.15) is 0 Å². The molecule has 0 amide bonds. The number of aromatic nitrogens is 1. The van der Waals surface area contributed by atoms with Crippen molar-refractivity contribution in [2.75, 3.05) is 19.0 Å². The van der Waals surface area contributed by atoms with Crippen molar-refractivity contribution in [3.05, 3.63) is 35.0 Å². The summed E-state index contributed by atoms with van der Waals surface area (Å²) < 4.78 is 12.9. The number of benzene rings is 1. The molecule has 0 fully saturated rings. The highest BCUT2D eigenvalue weighted by molar-refractivity contribution is 7.16. The Kier molecular flexibility index (Phi) is 3.80. The second kappa shape index (κ2) is 5.36. The Bertz CT molecular complexity index is 593. The highest BCUT2D eigenvalue weighted by atomic mass is 32.1. The normalized spacial score (nSPS) is 10.5. The van der Waals surface area contributed by atoms with E-state index in [1.165, 1.54) is 23.5 Å². The second-order valence-corrected chi connectivity index (χ2v) is 5.30. The number of carbonyl (C=O) groups is 1. The third kappa shape index (κ3) is 3.08. The topological polar surface area (TPSA) is 53.4 Å². The Morgan fingerprint density at radius 1 is 1.37 bits per heavy atom. The van der Waals surface area contributed by atoms with Crippen LogP contribution in [-0.4, -0.2) is 30.2 Å². The average Bonchev–Trinajstić information content (AvgIpc) is 2.73. The zero-order chi connectivity index (χ0) is 14.0. The first-order valence-corrected chi connectivity index (χ1v) is 6.44. The predicted octanol–water partition coefficient (Wildman–Crippen LogP) is 2.64. The zero-order valence-electron chi connectivity index (χ0n) is 10.6. The Morgan fingerprint density at radius 2 is 2.00 bits per heavy atom. The van der Waals surface area contributed by atoms with Crippen LogP contribution in [0.1, 0.15) is 4.88 Å². The van der Waals surface area contributed by atoms with Gasteiger partial charge in [-0.25, -0.2) is 9.37 Å². The first-order chi connectivity index (χ1) is 8.97. The summed E-state index contributed by atoms with van der Waals surface area (Å²) in [7, 11) is 3.69. The second-order valence-electron chi connectivity index (χ2n) is 4.24. The van der Waals surface area contributed by atoms with E-state index >= 15 is 0 Å². The van der Waals surface area contributed by atoms with Crippen LogP contribution in [0.2, 0.25) is 0 Å². The molecule has 0 unspecified atom stereocenters. The maximum Gasteiger partial charge on any atom is 0.308 e. The molecule has 0 aliphatic carbocycles. The molecule has 2 rings (SSSR count). The molecule has 2 aromatic rings. The van der Waals surface area contributed by atoms with Gasteiger partial charge >= 0.3 is 5.97 Å². The van der Waals surface area contributed by atoms with Gasteiger partial charge in [0.1, 0.15) is 5.82 Å². The van der Waals surface area contributed by atoms with Crippen molar-refractivity contribution in [2.24, 2.45) is 0 Å². The van der Waals surface area contributed by atoms with Gasteiger partial charge in [-0.1, -0.05) is 0 Å². The Labute approximate surface area is 114 Å². The minimum absolute atomic E-state index is 0.0851. The van der Waals surface area contributed by atoms with Crippen molar-refractivity contribution >= 4 is 22.4 Å². The molecule has 0 radical (unpaired) electrons. The molecule has 100 valence electrons. The van der Waals surface area contributed by atoms with Crippen LogP contribution in [0.5, 0.6) is 0 Å². The van der Waals surface area contributed by atoms with Gasteiger partial charge in [-0.15, -0.1) is 11.3 Å². The minimum Gasteiger partial charge on any atom is -0.481 e. The van der Waals surface area contributed by atoms with Gasteiger partial charge in [0.15, 0.2) is 5.13 Å². The van der Waals surface area contributed by atoms with Crippen molar-refractivity contribution in [3.8, 4) is 11.3 Å². The summed E-state index contributed by atoms with van der Waals surface area (Å²) in [5.41, 5.74) is 1.33. The fourth-order valence-corrected chi connectivity index (χ4v) is 2.62. The van der Waals surface area contributed by atoms with Crippen LogP contribution in [0.4, 0.5) is 9.52 Å². The van der Waals surface area contributed by atoms with Crippen LogP contribution in [0.15, 0.2) is 24.3 Å². The lowest BCUT2D eigenvalue weighted by Crippen LogP contribution is -2.07. The lowest BCUT2D eigenvalue weighted by molar-refractivity contribution is -0.136. The van der Waals surface area contributed by atoms with Gasteiger partial charge in [0.05, 0.1) is 12.1 Å². The average molecular weight is 280 g/mol.